The van der Waals surface area contributed by atoms with Crippen LogP contribution >= 0.6 is 0 Å². The Morgan fingerprint density at radius 1 is 1.27 bits per heavy atom. The van der Waals surface area contributed by atoms with Crippen LogP contribution in [0.5, 0.6) is 0 Å². The lowest BCUT2D eigenvalue weighted by molar-refractivity contribution is -0.633. The highest BCUT2D eigenvalue weighted by molar-refractivity contribution is 5.77. The van der Waals surface area contributed by atoms with E-state index in [1.165, 1.54) is 6.92 Å². The molecule has 86 valence electrons. The Morgan fingerprint density at radius 3 is 2.20 bits per heavy atom. The number of amides is 1. The molecule has 0 heterocycles. The Kier molecular flexibility index (Phi) is 5.76. The maximum Gasteiger partial charge on any atom is 0.468 e. The van der Waals surface area contributed by atoms with Gasteiger partial charge in [-0.25, -0.2) is 19.7 Å². The third kappa shape index (κ3) is 4.79. The second kappa shape index (κ2) is 6.57. The van der Waals surface area contributed by atoms with Gasteiger partial charge in [-0.1, -0.05) is 0 Å². The van der Waals surface area contributed by atoms with Crippen LogP contribution < -0.4 is 0 Å². The summed E-state index contributed by atoms with van der Waals surface area (Å²) in [4.78, 5) is 32.2. The van der Waals surface area contributed by atoms with Crippen LogP contribution in [-0.2, 0) is 14.3 Å². The van der Waals surface area contributed by atoms with Gasteiger partial charge in [-0.2, -0.15) is 0 Å². The van der Waals surface area contributed by atoms with Crippen molar-refractivity contribution < 1.29 is 24.1 Å². The fourth-order valence-electron chi connectivity index (χ4n) is 0.716. The van der Waals surface area contributed by atoms with Crippen LogP contribution in [0.4, 0.5) is 4.79 Å². The first kappa shape index (κ1) is 13.1. The van der Waals surface area contributed by atoms with Gasteiger partial charge in [-0.15, -0.1) is 0 Å². The van der Waals surface area contributed by atoms with E-state index in [9.17, 15) is 19.7 Å². The van der Waals surface area contributed by atoms with Crippen LogP contribution in [0.25, 0.3) is 0 Å². The van der Waals surface area contributed by atoms with Crippen LogP contribution in [-0.4, -0.2) is 41.9 Å². The third-order valence-corrected chi connectivity index (χ3v) is 1.26. The summed E-state index contributed by atoms with van der Waals surface area (Å²) in [6.45, 7) is 2.37. The van der Waals surface area contributed by atoms with Gasteiger partial charge in [0.15, 0.2) is 11.6 Å². The van der Waals surface area contributed by atoms with Crippen LogP contribution in [0.2, 0.25) is 0 Å². The zero-order chi connectivity index (χ0) is 11.8. The average Bonchev–Trinajstić information content (AvgIpc) is 2.14. The lowest BCUT2D eigenvalue weighted by Gasteiger charge is -2.10. The maximum absolute atomic E-state index is 11.0. The Morgan fingerprint density at radius 2 is 1.80 bits per heavy atom. The molecule has 15 heavy (non-hydrogen) atoms. The summed E-state index contributed by atoms with van der Waals surface area (Å²) < 4.78 is 8.84. The first-order chi connectivity index (χ1) is 7.02. The largest absolute Gasteiger partial charge is 0.468 e. The van der Waals surface area contributed by atoms with Crippen LogP contribution in [0.15, 0.2) is 0 Å². The molecule has 0 saturated carbocycles. The van der Waals surface area contributed by atoms with Crippen LogP contribution in [0.3, 0.4) is 0 Å². The fourth-order valence-corrected chi connectivity index (χ4v) is 0.716. The molecule has 0 aromatic heterocycles. The van der Waals surface area contributed by atoms with Gasteiger partial charge in [0.05, 0.1) is 13.2 Å². The first-order valence-electron chi connectivity index (χ1n) is 4.27. The van der Waals surface area contributed by atoms with Crippen molar-refractivity contribution in [2.75, 3.05) is 19.8 Å². The minimum Gasteiger partial charge on any atom is -0.464 e. The normalized spacial score (nSPS) is 9.20. The molecule has 8 nitrogen and oxygen atoms in total. The van der Waals surface area contributed by atoms with E-state index in [1.807, 2.05) is 0 Å². The summed E-state index contributed by atoms with van der Waals surface area (Å²) >= 11 is 0. The first-order valence-corrected chi connectivity index (χ1v) is 4.27. The molecule has 0 aliphatic carbocycles. The van der Waals surface area contributed by atoms with Crippen molar-refractivity contribution in [2.24, 2.45) is 0 Å². The van der Waals surface area contributed by atoms with Crippen molar-refractivity contribution in [1.29, 1.82) is 0 Å². The van der Waals surface area contributed by atoms with E-state index in [0.29, 0.717) is 0 Å². The van der Waals surface area contributed by atoms with Crippen molar-refractivity contribution in [1.82, 2.24) is 5.01 Å². The summed E-state index contributed by atoms with van der Waals surface area (Å²) in [6.07, 6.45) is -1.18. The molecular weight excluding hydrogens is 208 g/mol. The highest BCUT2D eigenvalue weighted by Crippen LogP contribution is 1.95. The number of esters is 1. The van der Waals surface area contributed by atoms with Crippen molar-refractivity contribution in [2.45, 2.75) is 13.8 Å². The minimum absolute atomic E-state index is 0.00794. The molecule has 0 aliphatic heterocycles. The summed E-state index contributed by atoms with van der Waals surface area (Å²) in [6, 6.07) is 0. The quantitative estimate of drug-likeness (QED) is 0.372. The number of rotatable bonds is 5. The predicted octanol–water partition coefficient (Wildman–Crippen LogP) is 0.200. The Balaban J connectivity index is 4.34. The zero-order valence-corrected chi connectivity index (χ0v) is 8.47. The molecule has 0 N–H and O–H groups in total. The molecule has 0 spiro atoms. The van der Waals surface area contributed by atoms with Crippen molar-refractivity contribution in [3.8, 4) is 0 Å². The fraction of sp³-hybridized carbons (Fsp3) is 0.714. The summed E-state index contributed by atoms with van der Waals surface area (Å²) in [5.74, 6) is -0.859. The van der Waals surface area contributed by atoms with Gasteiger partial charge in [0.2, 0.25) is 0 Å². The molecule has 0 fully saturated rings. The van der Waals surface area contributed by atoms with Crippen molar-refractivity contribution in [3.05, 3.63) is 10.1 Å². The Hall–Kier alpha value is -1.86. The number of hydrogen-bond donors (Lipinski definition) is 0. The Bertz CT molecular complexity index is 254. The summed E-state index contributed by atoms with van der Waals surface area (Å²) in [5.41, 5.74) is 0. The molecule has 0 aromatic carbocycles. The minimum atomic E-state index is -1.18. The van der Waals surface area contributed by atoms with E-state index in [4.69, 9.17) is 0 Å². The highest BCUT2D eigenvalue weighted by atomic mass is 16.7. The van der Waals surface area contributed by atoms with Crippen molar-refractivity contribution >= 4 is 12.1 Å². The zero-order valence-electron chi connectivity index (χ0n) is 8.47. The summed E-state index contributed by atoms with van der Waals surface area (Å²) in [7, 11) is 0. The van der Waals surface area contributed by atoms with E-state index in [0.717, 1.165) is 0 Å². The van der Waals surface area contributed by atoms with Gasteiger partial charge in [0, 0.05) is 0 Å². The number of ether oxygens (including phenoxy) is 2. The molecule has 0 aromatic rings. The number of nitrogens with zero attached hydrogens (tertiary/aromatic N) is 2. The molecule has 0 unspecified atom stereocenters. The molecule has 8 heteroatoms. The Labute approximate surface area is 85.9 Å². The van der Waals surface area contributed by atoms with Gasteiger partial charge < -0.3 is 9.47 Å². The monoisotopic (exact) mass is 220 g/mol. The molecular formula is C7H12N2O6. The smallest absolute Gasteiger partial charge is 0.464 e. The van der Waals surface area contributed by atoms with Crippen LogP contribution in [0, 0.1) is 10.1 Å². The van der Waals surface area contributed by atoms with Gasteiger partial charge >= 0.3 is 12.1 Å². The topological polar surface area (TPSA) is 99.0 Å². The summed E-state index contributed by atoms with van der Waals surface area (Å²) in [5, 5.41) is 9.42. The standard InChI is InChI=1S/C7H12N2O6/c1-3-14-6(10)5-8(9(12)13)7(11)15-4-2/h3-5H2,1-2H3. The van der Waals surface area contributed by atoms with E-state index < -0.39 is 23.6 Å². The number of nitro groups is 1. The van der Waals surface area contributed by atoms with Crippen LogP contribution in [0.1, 0.15) is 13.8 Å². The van der Waals surface area contributed by atoms with E-state index in [-0.39, 0.29) is 18.2 Å². The van der Waals surface area contributed by atoms with Gasteiger partial charge in [0.25, 0.3) is 0 Å². The molecule has 0 rings (SSSR count). The molecule has 0 aliphatic rings. The molecule has 0 radical (unpaired) electrons. The van der Waals surface area contributed by atoms with E-state index in [1.54, 1.807) is 6.92 Å². The highest BCUT2D eigenvalue weighted by Gasteiger charge is 2.29. The number of carbonyl (C=O) groups excluding carboxylic acids is 2. The predicted molar refractivity (Wildman–Crippen MR) is 47.4 cm³/mol. The molecule has 1 amide bonds. The maximum atomic E-state index is 11.0. The van der Waals surface area contributed by atoms with Gasteiger partial charge in [-0.3, -0.25) is 0 Å². The third-order valence-electron chi connectivity index (χ3n) is 1.26. The molecule has 0 atom stereocenters. The number of hydrogen-bond acceptors (Lipinski definition) is 6. The number of carbonyl (C=O) groups is 2. The van der Waals surface area contributed by atoms with Gasteiger partial charge in [-0.05, 0) is 18.9 Å². The SMILES string of the molecule is CCOC(=O)CN(C(=O)OCC)[N+](=O)[O-]. The van der Waals surface area contributed by atoms with Gasteiger partial charge in [0.1, 0.15) is 0 Å². The van der Waals surface area contributed by atoms with E-state index in [2.05, 4.69) is 9.47 Å². The van der Waals surface area contributed by atoms with E-state index >= 15 is 0 Å². The molecule has 0 saturated heterocycles. The average molecular weight is 220 g/mol. The van der Waals surface area contributed by atoms with Crippen molar-refractivity contribution in [3.63, 3.8) is 0 Å². The number of hydrazine groups is 1. The molecule has 0 bridgehead atoms. The lowest BCUT2D eigenvalue weighted by atomic mass is 10.6. The second-order valence-corrected chi connectivity index (χ2v) is 2.30. The lowest BCUT2D eigenvalue weighted by Crippen LogP contribution is -2.41. The second-order valence-electron chi connectivity index (χ2n) is 2.30.